The standard InChI is InChI=1S/C16H15Cl2N3O4/c1-24-15(22)13-8-25-14(19-13)7-21(10-3-4-10)16(23)20-12-5-2-9(17)6-11(12)18/h2,5-6,8,10H,3-4,7H2,1H3,(H,20,23). The predicted molar refractivity (Wildman–Crippen MR) is 91.9 cm³/mol. The highest BCUT2D eigenvalue weighted by Gasteiger charge is 2.34. The molecule has 1 heterocycles. The average molecular weight is 384 g/mol. The van der Waals surface area contributed by atoms with Crippen molar-refractivity contribution in [2.45, 2.75) is 25.4 Å². The number of urea groups is 1. The van der Waals surface area contributed by atoms with E-state index in [1.807, 2.05) is 0 Å². The number of rotatable bonds is 5. The molecule has 1 N–H and O–H groups in total. The third-order valence-corrected chi connectivity index (χ3v) is 4.22. The smallest absolute Gasteiger partial charge is 0.360 e. The second-order valence-corrected chi connectivity index (χ2v) is 6.38. The molecule has 1 aliphatic carbocycles. The van der Waals surface area contributed by atoms with Crippen molar-refractivity contribution in [2.24, 2.45) is 0 Å². The van der Waals surface area contributed by atoms with E-state index in [2.05, 4.69) is 15.0 Å². The summed E-state index contributed by atoms with van der Waals surface area (Å²) in [5.41, 5.74) is 0.527. The molecule has 132 valence electrons. The number of carbonyl (C=O) groups is 2. The number of benzene rings is 1. The second kappa shape index (κ2) is 7.33. The molecule has 2 aromatic rings. The highest BCUT2D eigenvalue weighted by Crippen LogP contribution is 2.30. The van der Waals surface area contributed by atoms with Crippen LogP contribution in [0.1, 0.15) is 29.2 Å². The van der Waals surface area contributed by atoms with Crippen LogP contribution < -0.4 is 5.32 Å². The maximum Gasteiger partial charge on any atom is 0.360 e. The Hall–Kier alpha value is -2.25. The first-order valence-electron chi connectivity index (χ1n) is 7.53. The van der Waals surface area contributed by atoms with Crippen LogP contribution in [0, 0.1) is 0 Å². The van der Waals surface area contributed by atoms with E-state index in [9.17, 15) is 9.59 Å². The molecule has 0 spiro atoms. The van der Waals surface area contributed by atoms with Crippen LogP contribution in [-0.2, 0) is 11.3 Å². The molecule has 3 rings (SSSR count). The van der Waals surface area contributed by atoms with E-state index in [4.69, 9.17) is 27.6 Å². The highest BCUT2D eigenvalue weighted by atomic mass is 35.5. The van der Waals surface area contributed by atoms with Gasteiger partial charge in [-0.3, -0.25) is 0 Å². The van der Waals surface area contributed by atoms with Crippen LogP contribution in [0.25, 0.3) is 0 Å². The van der Waals surface area contributed by atoms with Gasteiger partial charge in [-0.15, -0.1) is 0 Å². The number of amides is 2. The van der Waals surface area contributed by atoms with Crippen LogP contribution in [0.2, 0.25) is 10.0 Å². The summed E-state index contributed by atoms with van der Waals surface area (Å²) in [6.07, 6.45) is 3.00. The molecule has 1 aromatic carbocycles. The fourth-order valence-corrected chi connectivity index (χ4v) is 2.71. The molecule has 1 fully saturated rings. The first kappa shape index (κ1) is 17.6. The number of aromatic nitrogens is 1. The van der Waals surface area contributed by atoms with Crippen molar-refractivity contribution in [1.82, 2.24) is 9.88 Å². The van der Waals surface area contributed by atoms with Crippen molar-refractivity contribution in [3.05, 3.63) is 46.1 Å². The van der Waals surface area contributed by atoms with E-state index >= 15 is 0 Å². The first-order valence-corrected chi connectivity index (χ1v) is 8.29. The summed E-state index contributed by atoms with van der Waals surface area (Å²) >= 11 is 11.9. The lowest BCUT2D eigenvalue weighted by atomic mass is 10.3. The van der Waals surface area contributed by atoms with Crippen molar-refractivity contribution in [1.29, 1.82) is 0 Å². The highest BCUT2D eigenvalue weighted by molar-refractivity contribution is 6.36. The largest absolute Gasteiger partial charge is 0.464 e. The minimum Gasteiger partial charge on any atom is -0.464 e. The van der Waals surface area contributed by atoms with Crippen molar-refractivity contribution in [2.75, 3.05) is 12.4 Å². The normalized spacial score (nSPS) is 13.4. The first-order chi connectivity index (χ1) is 12.0. The number of esters is 1. The second-order valence-electron chi connectivity index (χ2n) is 5.53. The molecule has 1 saturated carbocycles. The van der Waals surface area contributed by atoms with E-state index < -0.39 is 5.97 Å². The van der Waals surface area contributed by atoms with Crippen molar-refractivity contribution in [3.8, 4) is 0 Å². The van der Waals surface area contributed by atoms with Crippen LogP contribution in [0.15, 0.2) is 28.9 Å². The van der Waals surface area contributed by atoms with Gasteiger partial charge in [0.05, 0.1) is 24.4 Å². The Morgan fingerprint density at radius 2 is 2.16 bits per heavy atom. The molecule has 0 bridgehead atoms. The van der Waals surface area contributed by atoms with Crippen LogP contribution in [0.5, 0.6) is 0 Å². The third kappa shape index (κ3) is 4.24. The van der Waals surface area contributed by atoms with E-state index in [0.29, 0.717) is 15.7 Å². The lowest BCUT2D eigenvalue weighted by Gasteiger charge is -2.21. The number of nitrogens with one attached hydrogen (secondary N) is 1. The SMILES string of the molecule is COC(=O)c1coc(CN(C(=O)Nc2ccc(Cl)cc2Cl)C2CC2)n1. The molecule has 0 radical (unpaired) electrons. The molecule has 0 saturated heterocycles. The quantitative estimate of drug-likeness (QED) is 0.789. The maximum absolute atomic E-state index is 12.6. The van der Waals surface area contributed by atoms with Gasteiger partial charge in [0.15, 0.2) is 5.69 Å². The Balaban J connectivity index is 1.71. The van der Waals surface area contributed by atoms with Gasteiger partial charge in [-0.25, -0.2) is 14.6 Å². The van der Waals surface area contributed by atoms with Gasteiger partial charge in [-0.2, -0.15) is 0 Å². The van der Waals surface area contributed by atoms with Crippen LogP contribution in [0.4, 0.5) is 10.5 Å². The number of nitrogens with zero attached hydrogens (tertiary/aromatic N) is 2. The summed E-state index contributed by atoms with van der Waals surface area (Å²) in [7, 11) is 1.26. The van der Waals surface area contributed by atoms with Gasteiger partial charge < -0.3 is 19.4 Å². The summed E-state index contributed by atoms with van der Waals surface area (Å²) in [5, 5.41) is 3.59. The van der Waals surface area contributed by atoms with Crippen LogP contribution in [0.3, 0.4) is 0 Å². The predicted octanol–water partition coefficient (Wildman–Crippen LogP) is 3.96. The number of ether oxygens (including phenoxy) is 1. The molecule has 1 aliphatic rings. The Bertz CT molecular complexity index is 804. The maximum atomic E-state index is 12.6. The zero-order valence-electron chi connectivity index (χ0n) is 13.3. The van der Waals surface area contributed by atoms with Crippen molar-refractivity contribution < 1.29 is 18.7 Å². The molecular weight excluding hydrogens is 369 g/mol. The van der Waals surface area contributed by atoms with Crippen LogP contribution in [-0.4, -0.2) is 35.0 Å². The number of hydrogen-bond donors (Lipinski definition) is 1. The van der Waals surface area contributed by atoms with Crippen LogP contribution >= 0.6 is 23.2 Å². The number of halogens is 2. The van der Waals surface area contributed by atoms with E-state index in [0.717, 1.165) is 12.8 Å². The molecule has 7 nitrogen and oxygen atoms in total. The van der Waals surface area contributed by atoms with E-state index in [1.54, 1.807) is 23.1 Å². The Morgan fingerprint density at radius 3 is 2.80 bits per heavy atom. The Kier molecular flexibility index (Phi) is 5.15. The van der Waals surface area contributed by atoms with Gasteiger partial charge in [0.1, 0.15) is 6.26 Å². The monoisotopic (exact) mass is 383 g/mol. The minimum atomic E-state index is -0.592. The lowest BCUT2D eigenvalue weighted by molar-refractivity contribution is 0.0594. The van der Waals surface area contributed by atoms with Gasteiger partial charge in [0, 0.05) is 11.1 Å². The summed E-state index contributed by atoms with van der Waals surface area (Å²) in [6, 6.07) is 4.59. The molecule has 2 amide bonds. The molecule has 0 unspecified atom stereocenters. The van der Waals surface area contributed by atoms with Gasteiger partial charge in [0.25, 0.3) is 0 Å². The molecule has 0 aliphatic heterocycles. The number of anilines is 1. The van der Waals surface area contributed by atoms with E-state index in [-0.39, 0.29) is 30.2 Å². The van der Waals surface area contributed by atoms with Crippen molar-refractivity contribution >= 4 is 40.9 Å². The number of carbonyl (C=O) groups excluding carboxylic acids is 2. The molecule has 0 atom stereocenters. The molecule has 9 heteroatoms. The van der Waals surface area contributed by atoms with Gasteiger partial charge in [0.2, 0.25) is 5.89 Å². The summed E-state index contributed by atoms with van der Waals surface area (Å²) in [4.78, 5) is 29.7. The fraction of sp³-hybridized carbons (Fsp3) is 0.312. The number of oxazole rings is 1. The third-order valence-electron chi connectivity index (χ3n) is 3.67. The molecular formula is C16H15Cl2N3O4. The van der Waals surface area contributed by atoms with Crippen molar-refractivity contribution in [3.63, 3.8) is 0 Å². The topological polar surface area (TPSA) is 84.7 Å². The summed E-state index contributed by atoms with van der Waals surface area (Å²) in [5.74, 6) is -0.338. The lowest BCUT2D eigenvalue weighted by Crippen LogP contribution is -2.36. The summed E-state index contributed by atoms with van der Waals surface area (Å²) < 4.78 is 9.84. The van der Waals surface area contributed by atoms with E-state index in [1.165, 1.54) is 13.4 Å². The molecule has 25 heavy (non-hydrogen) atoms. The van der Waals surface area contributed by atoms with Gasteiger partial charge in [-0.05, 0) is 31.0 Å². The molecule has 1 aromatic heterocycles. The number of methoxy groups -OCH3 is 1. The zero-order chi connectivity index (χ0) is 18.0. The van der Waals surface area contributed by atoms with Gasteiger partial charge in [-0.1, -0.05) is 23.2 Å². The summed E-state index contributed by atoms with van der Waals surface area (Å²) in [6.45, 7) is 0.138. The Morgan fingerprint density at radius 1 is 1.40 bits per heavy atom. The Labute approximate surface area is 153 Å². The van der Waals surface area contributed by atoms with Gasteiger partial charge >= 0.3 is 12.0 Å². The minimum absolute atomic E-state index is 0.0643. The fourth-order valence-electron chi connectivity index (χ4n) is 2.26. The number of hydrogen-bond acceptors (Lipinski definition) is 5. The average Bonchev–Trinajstić information content (AvgIpc) is 3.32. The zero-order valence-corrected chi connectivity index (χ0v) is 14.8.